The molecule has 2 heterocycles. The highest BCUT2D eigenvalue weighted by Gasteiger charge is 2.48. The van der Waals surface area contributed by atoms with Gasteiger partial charge in [-0.2, -0.15) is 0 Å². The Morgan fingerprint density at radius 2 is 1.82 bits per heavy atom. The Bertz CT molecular complexity index is 1300. The van der Waals surface area contributed by atoms with Gasteiger partial charge in [0.1, 0.15) is 0 Å². The number of nitrogens with one attached hydrogen (secondary N) is 2. The van der Waals surface area contributed by atoms with Gasteiger partial charge in [0.2, 0.25) is 5.60 Å². The fraction of sp³-hybridized carbons (Fsp3) is 0.310. The summed E-state index contributed by atoms with van der Waals surface area (Å²) in [7, 11) is -1.71. The predicted octanol–water partition coefficient (Wildman–Crippen LogP) is 2.78. The van der Waals surface area contributed by atoms with Gasteiger partial charge in [0.15, 0.2) is 0 Å². The van der Waals surface area contributed by atoms with Crippen LogP contribution in [-0.2, 0) is 16.1 Å². The molecule has 10 heteroatoms. The lowest BCUT2D eigenvalue weighted by atomic mass is 9.74. The molecule has 1 aliphatic heterocycles. The fourth-order valence-corrected chi connectivity index (χ4v) is 4.56. The van der Waals surface area contributed by atoms with Crippen LogP contribution >= 0.6 is 0 Å². The van der Waals surface area contributed by atoms with Gasteiger partial charge in [0.05, 0.1) is 23.9 Å². The smallest absolute Gasteiger partial charge is 0.426 e. The van der Waals surface area contributed by atoms with Crippen molar-refractivity contribution in [2.75, 3.05) is 6.54 Å². The van der Waals surface area contributed by atoms with Crippen LogP contribution in [0.3, 0.4) is 0 Å². The third kappa shape index (κ3) is 7.31. The molecular formula is C29H33BN4O5. The molecule has 0 fully saturated rings. The van der Waals surface area contributed by atoms with Crippen LogP contribution in [0.1, 0.15) is 42.6 Å². The summed E-state index contributed by atoms with van der Waals surface area (Å²) in [5.74, 6) is -1.51. The highest BCUT2D eigenvalue weighted by atomic mass is 16.7. The number of benzene rings is 2. The number of hydrogen-bond donors (Lipinski definition) is 4. The zero-order valence-corrected chi connectivity index (χ0v) is 22.1. The van der Waals surface area contributed by atoms with E-state index >= 15 is 0 Å². The van der Waals surface area contributed by atoms with E-state index in [0.29, 0.717) is 17.7 Å². The van der Waals surface area contributed by atoms with Crippen molar-refractivity contribution in [3.05, 3.63) is 90.1 Å². The zero-order chi connectivity index (χ0) is 27.8. The lowest BCUT2D eigenvalue weighted by Gasteiger charge is -2.29. The van der Waals surface area contributed by atoms with Crippen molar-refractivity contribution in [2.24, 2.45) is 11.1 Å². The van der Waals surface area contributed by atoms with Crippen molar-refractivity contribution < 1.29 is 24.5 Å². The van der Waals surface area contributed by atoms with Crippen LogP contribution in [0.15, 0.2) is 84.1 Å². The molecule has 0 bridgehead atoms. The van der Waals surface area contributed by atoms with Gasteiger partial charge in [-0.15, -0.1) is 0 Å². The summed E-state index contributed by atoms with van der Waals surface area (Å²) in [4.78, 5) is 36.6. The number of oxime groups is 1. The Morgan fingerprint density at radius 3 is 2.51 bits per heavy atom. The van der Waals surface area contributed by atoms with Crippen molar-refractivity contribution in [1.82, 2.24) is 15.6 Å². The van der Waals surface area contributed by atoms with Crippen LogP contribution in [0.25, 0.3) is 11.3 Å². The first-order valence-electron chi connectivity index (χ1n) is 13.0. The standard InChI is InChI=1S/C29H33BN4O5/c1-20(2)15-26(30(37)38)33-28(36)29(17-21-9-4-3-5-10-21)18-24(34-39-29)19-32-27(35)23-12-8-11-22(16-23)25-13-6-7-14-31-25/h3-14,16,20,26,37-38H,15,17-19H2,1-2H3,(H,32,35)(H,33,36)/t26-,29?/m0/s1. The van der Waals surface area contributed by atoms with Crippen molar-refractivity contribution in [1.29, 1.82) is 0 Å². The fourth-order valence-electron chi connectivity index (χ4n) is 4.56. The summed E-state index contributed by atoms with van der Waals surface area (Å²) in [6, 6.07) is 22.2. The molecule has 0 saturated heterocycles. The van der Waals surface area contributed by atoms with E-state index in [4.69, 9.17) is 4.84 Å². The van der Waals surface area contributed by atoms with Crippen molar-refractivity contribution in [3.8, 4) is 11.3 Å². The summed E-state index contributed by atoms with van der Waals surface area (Å²) in [5.41, 5.74) is 2.04. The monoisotopic (exact) mass is 528 g/mol. The molecule has 0 radical (unpaired) electrons. The van der Waals surface area contributed by atoms with Gasteiger partial charge in [-0.25, -0.2) is 0 Å². The van der Waals surface area contributed by atoms with Crippen LogP contribution in [0.5, 0.6) is 0 Å². The van der Waals surface area contributed by atoms with Crippen LogP contribution in [-0.4, -0.2) is 57.8 Å². The average molecular weight is 528 g/mol. The molecular weight excluding hydrogens is 495 g/mol. The first-order chi connectivity index (χ1) is 18.8. The topological polar surface area (TPSA) is 133 Å². The molecule has 1 aromatic heterocycles. The third-order valence-electron chi connectivity index (χ3n) is 6.53. The van der Waals surface area contributed by atoms with Crippen LogP contribution in [0, 0.1) is 5.92 Å². The van der Waals surface area contributed by atoms with Crippen molar-refractivity contribution in [2.45, 2.75) is 44.7 Å². The summed E-state index contributed by atoms with van der Waals surface area (Å²) < 4.78 is 0. The maximum Gasteiger partial charge on any atom is 0.475 e. The highest BCUT2D eigenvalue weighted by molar-refractivity contribution is 6.43. The average Bonchev–Trinajstić information content (AvgIpc) is 3.36. The molecule has 4 rings (SSSR count). The van der Waals surface area contributed by atoms with Crippen LogP contribution in [0.2, 0.25) is 0 Å². The zero-order valence-electron chi connectivity index (χ0n) is 22.1. The third-order valence-corrected chi connectivity index (χ3v) is 6.53. The minimum atomic E-state index is -1.71. The van der Waals surface area contributed by atoms with E-state index in [-0.39, 0.29) is 31.2 Å². The van der Waals surface area contributed by atoms with E-state index in [9.17, 15) is 19.6 Å². The number of nitrogens with zero attached hydrogens (tertiary/aromatic N) is 2. The van der Waals surface area contributed by atoms with Gasteiger partial charge in [-0.05, 0) is 42.2 Å². The predicted molar refractivity (Wildman–Crippen MR) is 150 cm³/mol. The molecule has 4 N–H and O–H groups in total. The molecule has 1 aliphatic rings. The van der Waals surface area contributed by atoms with Gasteiger partial charge < -0.3 is 25.5 Å². The van der Waals surface area contributed by atoms with Crippen molar-refractivity contribution >= 4 is 24.6 Å². The number of carbonyl (C=O) groups is 2. The molecule has 0 saturated carbocycles. The number of pyridine rings is 1. The van der Waals surface area contributed by atoms with Gasteiger partial charge in [-0.1, -0.05) is 67.5 Å². The first-order valence-corrected chi connectivity index (χ1v) is 13.0. The van der Waals surface area contributed by atoms with Gasteiger partial charge in [-0.3, -0.25) is 14.6 Å². The number of hydrogen-bond acceptors (Lipinski definition) is 7. The van der Waals surface area contributed by atoms with Gasteiger partial charge in [0, 0.05) is 30.2 Å². The van der Waals surface area contributed by atoms with E-state index in [0.717, 1.165) is 16.8 Å². The normalized spacial score (nSPS) is 17.2. The number of rotatable bonds is 11. The Kier molecular flexibility index (Phi) is 9.11. The first kappa shape index (κ1) is 28.0. The van der Waals surface area contributed by atoms with Gasteiger partial charge >= 0.3 is 7.12 Å². The number of carbonyl (C=O) groups excluding carboxylic acids is 2. The van der Waals surface area contributed by atoms with Gasteiger partial charge in [0.25, 0.3) is 11.8 Å². The number of amides is 2. The van der Waals surface area contributed by atoms with Crippen LogP contribution in [0.4, 0.5) is 0 Å². The molecule has 39 heavy (non-hydrogen) atoms. The highest BCUT2D eigenvalue weighted by Crippen LogP contribution is 2.29. The second-order valence-electron chi connectivity index (χ2n) is 10.2. The SMILES string of the molecule is CC(C)C[C@H](NC(=O)C1(Cc2ccccc2)CC(CNC(=O)c2cccc(-c3ccccn3)c2)=NO1)B(O)O. The van der Waals surface area contributed by atoms with E-state index < -0.39 is 24.6 Å². The summed E-state index contributed by atoms with van der Waals surface area (Å²) >= 11 is 0. The second kappa shape index (κ2) is 12.7. The largest absolute Gasteiger partial charge is 0.475 e. The minimum Gasteiger partial charge on any atom is -0.426 e. The Morgan fingerprint density at radius 1 is 1.05 bits per heavy atom. The van der Waals surface area contributed by atoms with E-state index in [1.807, 2.05) is 68.4 Å². The Hall–Kier alpha value is -4.02. The summed E-state index contributed by atoms with van der Waals surface area (Å²) in [5, 5.41) is 29.5. The Balaban J connectivity index is 1.45. The molecule has 1 unspecified atom stereocenters. The lowest BCUT2D eigenvalue weighted by molar-refractivity contribution is -0.144. The van der Waals surface area contributed by atoms with E-state index in [2.05, 4.69) is 20.8 Å². The molecule has 3 aromatic rings. The van der Waals surface area contributed by atoms with Crippen molar-refractivity contribution in [3.63, 3.8) is 0 Å². The molecule has 9 nitrogen and oxygen atoms in total. The second-order valence-corrected chi connectivity index (χ2v) is 10.2. The van der Waals surface area contributed by atoms with Crippen LogP contribution < -0.4 is 10.6 Å². The molecule has 0 aliphatic carbocycles. The maximum absolute atomic E-state index is 13.5. The van der Waals surface area contributed by atoms with E-state index in [1.165, 1.54) is 0 Å². The summed E-state index contributed by atoms with van der Waals surface area (Å²) in [6.07, 6.45) is 2.44. The molecule has 202 valence electrons. The minimum absolute atomic E-state index is 0.0918. The molecule has 2 aromatic carbocycles. The number of aromatic nitrogens is 1. The van der Waals surface area contributed by atoms with E-state index in [1.54, 1.807) is 24.4 Å². The summed E-state index contributed by atoms with van der Waals surface area (Å²) in [6.45, 7) is 3.96. The molecule has 0 spiro atoms. The quantitative estimate of drug-likeness (QED) is 0.283. The molecule has 2 atom stereocenters. The molecule has 2 amide bonds. The Labute approximate surface area is 228 Å². The maximum atomic E-state index is 13.5. The lowest BCUT2D eigenvalue weighted by Crippen LogP contribution is -2.56.